The van der Waals surface area contributed by atoms with Gasteiger partial charge in [-0.2, -0.15) is 0 Å². The summed E-state index contributed by atoms with van der Waals surface area (Å²) in [6.07, 6.45) is 3.06. The van der Waals surface area contributed by atoms with E-state index in [0.717, 1.165) is 0 Å². The summed E-state index contributed by atoms with van der Waals surface area (Å²) in [6, 6.07) is 2.86. The van der Waals surface area contributed by atoms with Crippen LogP contribution in [0, 0.1) is 5.92 Å². The van der Waals surface area contributed by atoms with Crippen molar-refractivity contribution in [3.05, 3.63) is 28.8 Å². The minimum absolute atomic E-state index is 0.0562. The van der Waals surface area contributed by atoms with Crippen molar-refractivity contribution >= 4 is 39.4 Å². The van der Waals surface area contributed by atoms with Gasteiger partial charge in [0.25, 0.3) is 5.91 Å². The molecule has 0 saturated carbocycles. The molecule has 1 amide bonds. The van der Waals surface area contributed by atoms with Crippen LogP contribution in [0.2, 0.25) is 5.02 Å². The van der Waals surface area contributed by atoms with Crippen molar-refractivity contribution < 1.29 is 32.2 Å². The van der Waals surface area contributed by atoms with Gasteiger partial charge in [0, 0.05) is 18.7 Å². The lowest BCUT2D eigenvalue weighted by atomic mass is 10.1. The Morgan fingerprint density at radius 1 is 1.26 bits per heavy atom. The summed E-state index contributed by atoms with van der Waals surface area (Å²) < 4.78 is 39.0. The quantitative estimate of drug-likeness (QED) is 0.401. The molecule has 0 radical (unpaired) electrons. The van der Waals surface area contributed by atoms with Crippen LogP contribution in [0.4, 0.5) is 0 Å². The maximum absolute atomic E-state index is 12.6. The molecule has 1 atom stereocenters. The first-order valence-corrected chi connectivity index (χ1v) is 12.0. The van der Waals surface area contributed by atoms with E-state index in [1.54, 1.807) is 12.1 Å². The number of halogens is 1. The van der Waals surface area contributed by atoms with E-state index in [1.165, 1.54) is 31.3 Å². The molecule has 1 heterocycles. The van der Waals surface area contributed by atoms with Crippen molar-refractivity contribution in [1.29, 1.82) is 0 Å². The van der Waals surface area contributed by atoms with E-state index < -0.39 is 28.3 Å². The van der Waals surface area contributed by atoms with Crippen LogP contribution in [0.15, 0.2) is 18.2 Å². The Bertz CT molecular complexity index is 943. The van der Waals surface area contributed by atoms with Crippen molar-refractivity contribution in [3.63, 3.8) is 0 Å². The first kappa shape index (κ1) is 25.0. The molecule has 1 aliphatic heterocycles. The molecule has 172 valence electrons. The summed E-state index contributed by atoms with van der Waals surface area (Å²) >= 11 is 6.14. The van der Waals surface area contributed by atoms with Gasteiger partial charge in [-0.3, -0.25) is 4.79 Å². The van der Waals surface area contributed by atoms with Crippen LogP contribution in [0.25, 0.3) is 6.08 Å². The SMILES string of the molecule is COc1cc(C=CC(=O)OCC(=O)N(CC(C)C)C2CCS(=O)(=O)C2)cc(Cl)c1OC. The van der Waals surface area contributed by atoms with E-state index in [0.29, 0.717) is 35.1 Å². The number of ether oxygens (including phenoxy) is 3. The lowest BCUT2D eigenvalue weighted by Gasteiger charge is -2.29. The molecule has 1 saturated heterocycles. The average molecular weight is 474 g/mol. The van der Waals surface area contributed by atoms with Gasteiger partial charge >= 0.3 is 5.97 Å². The molecule has 0 aromatic heterocycles. The Morgan fingerprint density at radius 2 is 1.97 bits per heavy atom. The van der Waals surface area contributed by atoms with E-state index in [2.05, 4.69) is 0 Å². The minimum atomic E-state index is -3.14. The van der Waals surface area contributed by atoms with E-state index in [9.17, 15) is 18.0 Å². The number of carbonyl (C=O) groups is 2. The molecule has 2 rings (SSSR count). The zero-order valence-corrected chi connectivity index (χ0v) is 19.7. The van der Waals surface area contributed by atoms with Crippen molar-refractivity contribution in [2.45, 2.75) is 26.3 Å². The summed E-state index contributed by atoms with van der Waals surface area (Å²) in [5.74, 6) is -0.162. The molecule has 1 unspecified atom stereocenters. The molecule has 0 N–H and O–H groups in total. The number of methoxy groups -OCH3 is 2. The Kier molecular flexibility index (Phi) is 8.76. The fourth-order valence-corrected chi connectivity index (χ4v) is 5.36. The summed E-state index contributed by atoms with van der Waals surface area (Å²) in [4.78, 5) is 26.2. The number of hydrogen-bond acceptors (Lipinski definition) is 7. The van der Waals surface area contributed by atoms with Crippen molar-refractivity contribution in [1.82, 2.24) is 4.90 Å². The van der Waals surface area contributed by atoms with Gasteiger partial charge in [-0.25, -0.2) is 13.2 Å². The highest BCUT2D eigenvalue weighted by atomic mass is 35.5. The lowest BCUT2D eigenvalue weighted by Crippen LogP contribution is -2.45. The Hall–Kier alpha value is -2.26. The number of nitrogens with zero attached hydrogens (tertiary/aromatic N) is 1. The summed E-state index contributed by atoms with van der Waals surface area (Å²) in [7, 11) is -0.196. The van der Waals surface area contributed by atoms with Crippen LogP contribution >= 0.6 is 11.6 Å². The molecule has 1 aromatic carbocycles. The topological polar surface area (TPSA) is 99.2 Å². The summed E-state index contributed by atoms with van der Waals surface area (Å²) in [5, 5.41) is 0.320. The number of carbonyl (C=O) groups excluding carboxylic acids is 2. The maximum Gasteiger partial charge on any atom is 0.331 e. The van der Waals surface area contributed by atoms with E-state index >= 15 is 0 Å². The Balaban J connectivity index is 2.00. The predicted octanol–water partition coefficient (Wildman–Crippen LogP) is 2.59. The normalized spacial score (nSPS) is 17.7. The van der Waals surface area contributed by atoms with Crippen LogP contribution in [-0.2, 0) is 24.2 Å². The zero-order valence-electron chi connectivity index (χ0n) is 18.1. The van der Waals surface area contributed by atoms with Gasteiger partial charge in [0.1, 0.15) is 0 Å². The number of sulfone groups is 1. The number of esters is 1. The van der Waals surface area contributed by atoms with Gasteiger partial charge < -0.3 is 19.1 Å². The first-order valence-electron chi connectivity index (χ1n) is 9.82. The van der Waals surface area contributed by atoms with E-state index in [1.807, 2.05) is 13.8 Å². The van der Waals surface area contributed by atoms with Crippen LogP contribution in [0.3, 0.4) is 0 Å². The largest absolute Gasteiger partial charge is 0.493 e. The van der Waals surface area contributed by atoms with Gasteiger partial charge in [0.15, 0.2) is 27.9 Å². The molecule has 1 fully saturated rings. The second-order valence-electron chi connectivity index (χ2n) is 7.68. The Labute approximate surface area is 188 Å². The van der Waals surface area contributed by atoms with Crippen LogP contribution in [-0.4, -0.2) is 70.1 Å². The highest BCUT2D eigenvalue weighted by Crippen LogP contribution is 2.36. The molecular formula is C21H28ClNO7S. The standard InChI is InChI=1S/C21H28ClNO7S/c1-14(2)11-23(16-7-8-31(26,27)13-16)19(24)12-30-20(25)6-5-15-9-17(22)21(29-4)18(10-15)28-3/h5-6,9-10,14,16H,7-8,11-13H2,1-4H3. The summed E-state index contributed by atoms with van der Waals surface area (Å²) in [6.45, 7) is 3.81. The van der Waals surface area contributed by atoms with Gasteiger partial charge in [0.05, 0.1) is 30.7 Å². The lowest BCUT2D eigenvalue weighted by molar-refractivity contribution is -0.149. The molecule has 0 bridgehead atoms. The van der Waals surface area contributed by atoms with Crippen molar-refractivity contribution in [3.8, 4) is 11.5 Å². The molecule has 10 heteroatoms. The third-order valence-corrected chi connectivity index (χ3v) is 6.77. The number of rotatable bonds is 9. The average Bonchev–Trinajstić information content (AvgIpc) is 3.07. The summed E-state index contributed by atoms with van der Waals surface area (Å²) in [5.41, 5.74) is 0.587. The zero-order chi connectivity index (χ0) is 23.2. The molecule has 31 heavy (non-hydrogen) atoms. The van der Waals surface area contributed by atoms with Crippen molar-refractivity contribution in [2.75, 3.05) is 38.9 Å². The number of hydrogen-bond donors (Lipinski definition) is 0. The smallest absolute Gasteiger partial charge is 0.331 e. The van der Waals surface area contributed by atoms with Gasteiger partial charge in [-0.15, -0.1) is 0 Å². The van der Waals surface area contributed by atoms with Crippen LogP contribution in [0.1, 0.15) is 25.8 Å². The van der Waals surface area contributed by atoms with Gasteiger partial charge in [-0.05, 0) is 36.1 Å². The second-order valence-corrected chi connectivity index (χ2v) is 10.3. The molecule has 1 aromatic rings. The molecular weight excluding hydrogens is 446 g/mol. The minimum Gasteiger partial charge on any atom is -0.493 e. The van der Waals surface area contributed by atoms with Crippen molar-refractivity contribution in [2.24, 2.45) is 5.92 Å². The molecule has 0 spiro atoms. The number of amides is 1. The molecule has 0 aliphatic carbocycles. The van der Waals surface area contributed by atoms with E-state index in [-0.39, 0.29) is 23.5 Å². The fourth-order valence-electron chi connectivity index (χ4n) is 3.33. The highest BCUT2D eigenvalue weighted by Gasteiger charge is 2.35. The molecule has 1 aliphatic rings. The van der Waals surface area contributed by atoms with Gasteiger partial charge in [-0.1, -0.05) is 25.4 Å². The third kappa shape index (κ3) is 7.14. The third-order valence-electron chi connectivity index (χ3n) is 4.74. The second kappa shape index (κ2) is 10.9. The first-order chi connectivity index (χ1) is 14.6. The predicted molar refractivity (Wildman–Crippen MR) is 118 cm³/mol. The fraction of sp³-hybridized carbons (Fsp3) is 0.524. The van der Waals surface area contributed by atoms with E-state index in [4.69, 9.17) is 25.8 Å². The Morgan fingerprint density at radius 3 is 2.52 bits per heavy atom. The molecule has 8 nitrogen and oxygen atoms in total. The maximum atomic E-state index is 12.6. The number of benzene rings is 1. The highest BCUT2D eigenvalue weighted by molar-refractivity contribution is 7.91. The monoisotopic (exact) mass is 473 g/mol. The van der Waals surface area contributed by atoms with Crippen LogP contribution in [0.5, 0.6) is 11.5 Å². The van der Waals surface area contributed by atoms with Crippen LogP contribution < -0.4 is 9.47 Å². The van der Waals surface area contributed by atoms with Gasteiger partial charge in [0.2, 0.25) is 0 Å².